The molecule has 16 atom stereocenters. The number of phenolic OH excluding ortho intramolecular Hbond substituents is 1. The molecule has 0 bridgehead atoms. The number of primary amides is 1. The number of aliphatic hydroxyl groups excluding tert-OH is 1. The van der Waals surface area contributed by atoms with Gasteiger partial charge >= 0.3 is 11.9 Å². The number of nitrogens with two attached hydrogens (primary N) is 2. The second-order valence-electron chi connectivity index (χ2n) is 34.9. The Morgan fingerprint density at radius 2 is 1.16 bits per heavy atom. The zero-order chi connectivity index (χ0) is 103. The highest BCUT2D eigenvalue weighted by atomic mass is 33.1. The number of phenols is 1. The highest BCUT2D eigenvalue weighted by Crippen LogP contribution is 2.27. The molecule has 0 aliphatic carbocycles. The van der Waals surface area contributed by atoms with Crippen molar-refractivity contribution in [2.75, 3.05) is 37.7 Å². The lowest BCUT2D eigenvalue weighted by Gasteiger charge is -2.30. The number of carbonyl (C=O) groups is 20. The third kappa shape index (κ3) is 36.0. The number of aromatic hydroxyl groups is 1. The minimum Gasteiger partial charge on any atom is -0.508 e. The van der Waals surface area contributed by atoms with Crippen LogP contribution in [0.2, 0.25) is 0 Å². The Hall–Kier alpha value is -14.6. The number of fused-ring (bicyclic) bond motifs is 1. The Morgan fingerprint density at radius 1 is 0.560 bits per heavy atom. The van der Waals surface area contributed by atoms with Gasteiger partial charge in [-0.05, 0) is 112 Å². The van der Waals surface area contributed by atoms with Crippen LogP contribution in [0, 0.1) is 11.8 Å². The van der Waals surface area contributed by atoms with Crippen molar-refractivity contribution in [3.63, 3.8) is 0 Å². The molecular weight excluding hydrogens is 1880 g/mol. The summed E-state index contributed by atoms with van der Waals surface area (Å²) in [5, 5.41) is 83.1. The molecule has 48 nitrogen and oxygen atoms in total. The number of carboxylic acids is 2. The van der Waals surface area contributed by atoms with Crippen LogP contribution in [0.3, 0.4) is 0 Å². The van der Waals surface area contributed by atoms with Crippen LogP contribution < -0.4 is 96.5 Å². The van der Waals surface area contributed by atoms with Crippen LogP contribution in [0.25, 0.3) is 10.9 Å². The smallest absolute Gasteiger partial charge is 0.305 e. The molecule has 6 aromatic rings. The lowest BCUT2D eigenvalue weighted by molar-refractivity contribution is -0.143. The fourth-order valence-corrected chi connectivity index (χ4v) is 17.6. The number of aliphatic hydroxyl groups is 1. The second-order valence-corrected chi connectivity index (χ2v) is 37.4. The molecule has 0 radical (unpaired) electrons. The molecule has 50 heteroatoms. The number of H-pyrrole nitrogens is 3. The molecule has 2 saturated heterocycles. The molecular formula is C91H124N24O24S2. The zero-order valence-electron chi connectivity index (χ0n) is 78.7. The summed E-state index contributed by atoms with van der Waals surface area (Å²) < 4.78 is 0. The molecule has 3 aromatic heterocycles. The number of nitrogens with one attached hydrogen (secondary N) is 19. The molecule has 0 unspecified atom stereocenters. The van der Waals surface area contributed by atoms with E-state index in [0.29, 0.717) is 55.7 Å². The summed E-state index contributed by atoms with van der Waals surface area (Å²) in [6, 6.07) is -5.51. The van der Waals surface area contributed by atoms with E-state index in [1.54, 1.807) is 68.4 Å². The van der Waals surface area contributed by atoms with Gasteiger partial charge in [0.2, 0.25) is 106 Å². The van der Waals surface area contributed by atoms with Crippen LogP contribution in [-0.4, -0.2) is 303 Å². The van der Waals surface area contributed by atoms with Crippen LogP contribution in [0.4, 0.5) is 0 Å². The predicted molar refractivity (Wildman–Crippen MR) is 510 cm³/mol. The Kier molecular flexibility index (Phi) is 43.8. The average Bonchev–Trinajstić information content (AvgIpc) is 1.70. The largest absolute Gasteiger partial charge is 0.508 e. The quantitative estimate of drug-likeness (QED) is 0.0130. The van der Waals surface area contributed by atoms with E-state index in [9.17, 15) is 92.3 Å². The van der Waals surface area contributed by atoms with E-state index in [-0.39, 0.29) is 81.5 Å². The molecule has 2 fully saturated rings. The number of likely N-dealkylation sites (tertiary alicyclic amines) is 1. The number of aromatic amines is 3. The molecule has 27 N–H and O–H groups in total. The zero-order valence-corrected chi connectivity index (χ0v) is 80.3. The van der Waals surface area contributed by atoms with Crippen LogP contribution in [0.15, 0.2) is 110 Å². The number of imidazole rings is 2. The SMILES string of the molecule is CC(=O)NCC(=O)N1CCC[C@H]1C(=O)N[C@@H](CC(=O)O)C(=O)N[C@H]1CSSC[C@@H](C(=O)N[C@H](C(=O)N[C@@H](Cc2ccccc2)C(=O)N[C@@H](Cc2cnc[nH]2)C(N)=O)[C@@H](C)O)NC(=O)[C@H](Cc2c[nH]c3ccccc23)NC(=O)[C@H](C(C)C)NC(=O)[C@H](CC(C)C)NC(=O)[C@H](CCC(=O)O)NC(=O)CNC(=O)[C@H](CCCCN)NC(=O)[C@H](Cc2cnc[nH]2)NC(=O)[C@H](Cc2ccc(O)cc2)NC(=O)[C@H](C)NC1=O. The molecule has 0 spiro atoms. The van der Waals surface area contributed by atoms with Crippen LogP contribution in [-0.2, 0) is 128 Å². The van der Waals surface area contributed by atoms with Gasteiger partial charge in [-0.15, -0.1) is 0 Å². The molecule has 3 aromatic carbocycles. The van der Waals surface area contributed by atoms with Crippen molar-refractivity contribution < 1.29 is 116 Å². The summed E-state index contributed by atoms with van der Waals surface area (Å²) in [4.78, 5) is 304. The average molecular weight is 2000 g/mol. The Balaban J connectivity index is 1.24. The summed E-state index contributed by atoms with van der Waals surface area (Å²) >= 11 is 0. The van der Waals surface area contributed by atoms with Crippen LogP contribution in [0.1, 0.15) is 134 Å². The fraction of sp³-hybridized carbons (Fsp3) is 0.495. The van der Waals surface area contributed by atoms with Crippen molar-refractivity contribution in [2.24, 2.45) is 23.3 Å². The third-order valence-corrected chi connectivity index (χ3v) is 25.2. The summed E-state index contributed by atoms with van der Waals surface area (Å²) in [5.41, 5.74) is 13.9. The summed E-state index contributed by atoms with van der Waals surface area (Å²) in [6.45, 7) is 8.46. The molecule has 8 rings (SSSR count). The molecule has 764 valence electrons. The van der Waals surface area contributed by atoms with Gasteiger partial charge in [-0.1, -0.05) is 110 Å². The van der Waals surface area contributed by atoms with Crippen molar-refractivity contribution in [1.82, 2.24) is 115 Å². The highest BCUT2D eigenvalue weighted by molar-refractivity contribution is 8.76. The fourth-order valence-electron chi connectivity index (χ4n) is 15.2. The number of para-hydroxylation sites is 1. The Labute approximate surface area is 817 Å². The number of hydrogen-bond donors (Lipinski definition) is 25. The first-order valence-electron chi connectivity index (χ1n) is 45.8. The van der Waals surface area contributed by atoms with Gasteiger partial charge in [0, 0.05) is 104 Å². The van der Waals surface area contributed by atoms with Crippen LogP contribution in [0.5, 0.6) is 5.75 Å². The number of carboxylic acid groups (broad SMARTS) is 2. The van der Waals surface area contributed by atoms with Crippen molar-refractivity contribution in [3.05, 3.63) is 138 Å². The molecule has 18 amide bonds. The number of nitrogens with zero attached hydrogens (tertiary/aromatic N) is 3. The maximum absolute atomic E-state index is 15.8. The van der Waals surface area contributed by atoms with E-state index in [1.807, 2.05) is 0 Å². The topological polar surface area (TPSA) is 743 Å². The van der Waals surface area contributed by atoms with Crippen molar-refractivity contribution in [1.29, 1.82) is 0 Å². The monoisotopic (exact) mass is 2000 g/mol. The predicted octanol–water partition coefficient (Wildman–Crippen LogP) is -4.68. The van der Waals surface area contributed by atoms with E-state index in [2.05, 4.69) is 110 Å². The first kappa shape index (κ1) is 112. The lowest BCUT2D eigenvalue weighted by atomic mass is 9.98. The van der Waals surface area contributed by atoms with E-state index >= 15 is 24.0 Å². The van der Waals surface area contributed by atoms with Gasteiger partial charge in [0.15, 0.2) is 0 Å². The number of aromatic nitrogens is 5. The van der Waals surface area contributed by atoms with Gasteiger partial charge in [0.25, 0.3) is 0 Å². The number of amides is 18. The molecule has 141 heavy (non-hydrogen) atoms. The molecule has 0 saturated carbocycles. The maximum Gasteiger partial charge on any atom is 0.305 e. The van der Waals surface area contributed by atoms with Crippen molar-refractivity contribution in [2.45, 2.75) is 235 Å². The van der Waals surface area contributed by atoms with E-state index < -0.39 is 284 Å². The van der Waals surface area contributed by atoms with Gasteiger partial charge in [-0.3, -0.25) is 95.9 Å². The van der Waals surface area contributed by atoms with Crippen molar-refractivity contribution >= 4 is 151 Å². The van der Waals surface area contributed by atoms with E-state index in [4.69, 9.17) is 11.5 Å². The number of benzene rings is 3. The normalized spacial score (nSPS) is 21.7. The standard InChI is InChI=1S/C91H124N24O24S2/c1-46(2)30-62-86(134)113-75(47(3)4)90(138)110-65(33-53-37-97-58-19-12-11-18-57(53)58)83(131)112-69(88(136)114-76(49(6)116)91(139)109-64(31-51-16-9-8-10-17-51)81(129)104-61(77(93)125)34-54-38-94-44-99-54)43-141-140-42-68(111-85(133)67(36-74(123)124)108-89(137)70-21-15-29-115(70)72(120)41-96-50(7)117)87(135)101-48(5)78(126)105-63(32-52-22-24-56(118)25-23-52)82(130)107-66(35-55-39-95-45-100-55)84(132)103-59(20-13-14-28-92)79(127)98-40-71(119)102-60(80(128)106-62)26-27-73(121)122/h8-12,16-19,22-25,37-39,44-49,59-70,75-76,97,116,118H,13-15,20-21,26-36,40-43,92H2,1-7H3,(H2,93,125)(H,94,99)(H,95,100)(H,96,117)(H,98,127)(H,101,135)(H,102,119)(H,103,132)(H,104,129)(H,105,126)(H,106,128)(H,107,130)(H,108,137)(H,109,139)(H,110,138)(H,111,133)(H,112,131)(H,113,134)(H,114,136)(H,121,122)(H,123,124)/t48-,49+,59-,60-,61-,62-,63-,64-,65-,66-,67-,68-,69-,70-,75-,76-/m0/s1. The van der Waals surface area contributed by atoms with Crippen LogP contribution >= 0.6 is 21.6 Å². The van der Waals surface area contributed by atoms with Gasteiger partial charge < -0.3 is 137 Å². The van der Waals surface area contributed by atoms with E-state index in [1.165, 1.54) is 69.4 Å². The van der Waals surface area contributed by atoms with Gasteiger partial charge in [-0.2, -0.15) is 0 Å². The number of aliphatic carboxylic acids is 2. The minimum absolute atomic E-state index is 0.00470. The summed E-state index contributed by atoms with van der Waals surface area (Å²) in [6.07, 6.45) is 1.17. The Bertz CT molecular complexity index is 5360. The number of carbonyl (C=O) groups excluding carboxylic acids is 18. The van der Waals surface area contributed by atoms with Crippen molar-refractivity contribution in [3.8, 4) is 5.75 Å². The first-order chi connectivity index (χ1) is 67.0. The van der Waals surface area contributed by atoms with Gasteiger partial charge in [0.1, 0.15) is 96.4 Å². The number of rotatable bonds is 36. The number of hydrogen-bond acceptors (Lipinski definition) is 27. The maximum atomic E-state index is 15.8. The van der Waals surface area contributed by atoms with Gasteiger partial charge in [-0.25, -0.2) is 9.97 Å². The number of unbranched alkanes of at least 4 members (excludes halogenated alkanes) is 1. The lowest BCUT2D eigenvalue weighted by Crippen LogP contribution is -2.63. The molecule has 2 aliphatic rings. The minimum atomic E-state index is -2.06. The highest BCUT2D eigenvalue weighted by Gasteiger charge is 2.42. The molecule has 5 heterocycles. The second kappa shape index (κ2) is 55.3. The third-order valence-electron chi connectivity index (χ3n) is 22.8. The Morgan fingerprint density at radius 3 is 1.80 bits per heavy atom. The molecule has 2 aliphatic heterocycles. The summed E-state index contributed by atoms with van der Waals surface area (Å²) in [7, 11) is 1.32. The summed E-state index contributed by atoms with van der Waals surface area (Å²) in [5.74, 6) is -25.0. The first-order valence-corrected chi connectivity index (χ1v) is 48.3. The van der Waals surface area contributed by atoms with E-state index in [0.717, 1.165) is 25.7 Å². The van der Waals surface area contributed by atoms with Gasteiger partial charge in [0.05, 0.1) is 38.3 Å².